The Hall–Kier alpha value is -0.760. The van der Waals surface area contributed by atoms with Gasteiger partial charge in [0.2, 0.25) is 10.0 Å². The first-order valence-corrected chi connectivity index (χ1v) is 8.61. The lowest BCUT2D eigenvalue weighted by Crippen LogP contribution is -2.27. The first-order valence-electron chi connectivity index (χ1n) is 5.39. The van der Waals surface area contributed by atoms with Crippen molar-refractivity contribution < 1.29 is 12.8 Å². The number of hydrogen-bond donors (Lipinski definition) is 1. The number of thiophene rings is 1. The Morgan fingerprint density at radius 1 is 1.37 bits per heavy atom. The monoisotopic (exact) mass is 363 g/mol. The molecule has 7 heteroatoms. The van der Waals surface area contributed by atoms with Crippen molar-refractivity contribution in [2.24, 2.45) is 0 Å². The summed E-state index contributed by atoms with van der Waals surface area (Å²) in [6.45, 7) is 1.72. The van der Waals surface area contributed by atoms with Crippen LogP contribution in [0.3, 0.4) is 0 Å². The molecular formula is C12H11BrFNO2S2. The molecule has 0 aliphatic carbocycles. The van der Waals surface area contributed by atoms with Gasteiger partial charge in [-0.3, -0.25) is 0 Å². The Morgan fingerprint density at radius 3 is 2.68 bits per heavy atom. The average Bonchev–Trinajstić information content (AvgIpc) is 2.80. The predicted octanol–water partition coefficient (Wildman–Crippen LogP) is 3.69. The minimum Gasteiger partial charge on any atom is -0.207 e. The van der Waals surface area contributed by atoms with Crippen LogP contribution in [0.2, 0.25) is 0 Å². The second-order valence-electron chi connectivity index (χ2n) is 3.97. The molecule has 102 valence electrons. The number of rotatable bonds is 4. The van der Waals surface area contributed by atoms with E-state index in [1.165, 1.54) is 23.5 Å². The Bertz CT molecular complexity index is 671. The Balaban J connectivity index is 2.28. The van der Waals surface area contributed by atoms with Crippen LogP contribution in [-0.2, 0) is 10.0 Å². The first kappa shape index (κ1) is 14.6. The zero-order chi connectivity index (χ0) is 14.0. The zero-order valence-electron chi connectivity index (χ0n) is 9.93. The van der Waals surface area contributed by atoms with Crippen LogP contribution in [0, 0.1) is 5.82 Å². The van der Waals surface area contributed by atoms with Gasteiger partial charge in [-0.15, -0.1) is 0 Å². The van der Waals surface area contributed by atoms with Gasteiger partial charge in [-0.25, -0.2) is 17.5 Å². The summed E-state index contributed by atoms with van der Waals surface area (Å²) in [6.07, 6.45) is 0. The third-order valence-corrected chi connectivity index (χ3v) is 5.33. The van der Waals surface area contributed by atoms with Crippen molar-refractivity contribution in [3.05, 3.63) is 50.9 Å². The molecule has 0 spiro atoms. The molecule has 0 saturated carbocycles. The lowest BCUT2D eigenvalue weighted by molar-refractivity contribution is 0.547. The van der Waals surface area contributed by atoms with Crippen LogP contribution in [0.25, 0.3) is 0 Å². The summed E-state index contributed by atoms with van der Waals surface area (Å²) in [5.74, 6) is -0.778. The summed E-state index contributed by atoms with van der Waals surface area (Å²) < 4.78 is 40.9. The van der Waals surface area contributed by atoms with Gasteiger partial charge in [-0.1, -0.05) is 15.9 Å². The summed E-state index contributed by atoms with van der Waals surface area (Å²) in [7, 11) is -3.87. The van der Waals surface area contributed by atoms with E-state index in [1.54, 1.807) is 6.92 Å². The van der Waals surface area contributed by atoms with Crippen molar-refractivity contribution in [2.45, 2.75) is 17.9 Å². The molecule has 1 heterocycles. The van der Waals surface area contributed by atoms with E-state index in [0.717, 1.165) is 11.6 Å². The van der Waals surface area contributed by atoms with Crippen molar-refractivity contribution in [1.82, 2.24) is 4.72 Å². The average molecular weight is 364 g/mol. The largest absolute Gasteiger partial charge is 0.244 e. The van der Waals surface area contributed by atoms with Crippen LogP contribution in [-0.4, -0.2) is 8.42 Å². The van der Waals surface area contributed by atoms with Gasteiger partial charge in [0.1, 0.15) is 10.7 Å². The lowest BCUT2D eigenvalue weighted by atomic mass is 10.2. The van der Waals surface area contributed by atoms with E-state index < -0.39 is 21.9 Å². The van der Waals surface area contributed by atoms with Gasteiger partial charge in [0, 0.05) is 10.5 Å². The zero-order valence-corrected chi connectivity index (χ0v) is 13.1. The molecule has 0 bridgehead atoms. The molecule has 1 unspecified atom stereocenters. The lowest BCUT2D eigenvalue weighted by Gasteiger charge is -2.13. The molecule has 3 nitrogen and oxygen atoms in total. The highest BCUT2D eigenvalue weighted by Crippen LogP contribution is 2.22. The van der Waals surface area contributed by atoms with Crippen molar-refractivity contribution in [2.75, 3.05) is 0 Å². The number of nitrogens with one attached hydrogen (secondary N) is 1. The summed E-state index contributed by atoms with van der Waals surface area (Å²) in [6, 6.07) is 5.29. The van der Waals surface area contributed by atoms with Gasteiger partial charge in [0.25, 0.3) is 0 Å². The van der Waals surface area contributed by atoms with E-state index in [1.807, 2.05) is 16.8 Å². The molecule has 19 heavy (non-hydrogen) atoms. The molecule has 1 atom stereocenters. The fraction of sp³-hybridized carbons (Fsp3) is 0.167. The molecule has 1 N–H and O–H groups in total. The molecule has 0 fully saturated rings. The molecule has 0 aliphatic heterocycles. The summed E-state index contributed by atoms with van der Waals surface area (Å²) in [5.41, 5.74) is 0.853. The third kappa shape index (κ3) is 3.42. The molecule has 1 aromatic heterocycles. The van der Waals surface area contributed by atoms with Crippen LogP contribution in [0.4, 0.5) is 4.39 Å². The molecule has 0 aliphatic rings. The third-order valence-electron chi connectivity index (χ3n) is 2.56. The van der Waals surface area contributed by atoms with E-state index >= 15 is 0 Å². The standard InChI is InChI=1S/C12H11BrFNO2S2/c1-8(9-4-5-18-7-9)15-19(16,17)12-3-2-10(13)6-11(12)14/h2-8,15H,1H3. The molecule has 0 saturated heterocycles. The van der Waals surface area contributed by atoms with Gasteiger partial charge in [0.15, 0.2) is 0 Å². The Kier molecular flexibility index (Phi) is 4.39. The van der Waals surface area contributed by atoms with Gasteiger partial charge in [-0.05, 0) is 47.5 Å². The SMILES string of the molecule is CC(NS(=O)(=O)c1ccc(Br)cc1F)c1ccsc1. The predicted molar refractivity (Wildman–Crippen MR) is 77.2 cm³/mol. The fourth-order valence-corrected chi connectivity index (χ4v) is 3.96. The molecule has 0 amide bonds. The van der Waals surface area contributed by atoms with Crippen LogP contribution in [0.1, 0.15) is 18.5 Å². The van der Waals surface area contributed by atoms with Crippen LogP contribution >= 0.6 is 27.3 Å². The smallest absolute Gasteiger partial charge is 0.207 e. The molecule has 2 aromatic rings. The van der Waals surface area contributed by atoms with Crippen molar-refractivity contribution in [1.29, 1.82) is 0 Å². The van der Waals surface area contributed by atoms with E-state index in [4.69, 9.17) is 0 Å². The highest BCUT2D eigenvalue weighted by atomic mass is 79.9. The van der Waals surface area contributed by atoms with Gasteiger partial charge in [-0.2, -0.15) is 11.3 Å². The van der Waals surface area contributed by atoms with Gasteiger partial charge in [0.05, 0.1) is 0 Å². The van der Waals surface area contributed by atoms with E-state index in [0.29, 0.717) is 4.47 Å². The second kappa shape index (κ2) is 5.70. The quantitative estimate of drug-likeness (QED) is 0.900. The summed E-state index contributed by atoms with van der Waals surface area (Å²) >= 11 is 4.57. The van der Waals surface area contributed by atoms with Crippen LogP contribution in [0.5, 0.6) is 0 Å². The van der Waals surface area contributed by atoms with E-state index in [-0.39, 0.29) is 4.90 Å². The summed E-state index contributed by atoms with van der Waals surface area (Å²) in [4.78, 5) is -0.349. The van der Waals surface area contributed by atoms with Crippen molar-refractivity contribution >= 4 is 37.3 Å². The highest BCUT2D eigenvalue weighted by molar-refractivity contribution is 9.10. The van der Waals surface area contributed by atoms with Crippen LogP contribution < -0.4 is 4.72 Å². The second-order valence-corrected chi connectivity index (χ2v) is 7.35. The molecule has 2 rings (SSSR count). The van der Waals surface area contributed by atoms with Gasteiger partial charge >= 0.3 is 0 Å². The van der Waals surface area contributed by atoms with Crippen molar-refractivity contribution in [3.63, 3.8) is 0 Å². The number of hydrogen-bond acceptors (Lipinski definition) is 3. The number of sulfonamides is 1. The normalized spacial score (nSPS) is 13.4. The molecular weight excluding hydrogens is 353 g/mol. The Labute approximate surface area is 123 Å². The Morgan fingerprint density at radius 2 is 2.11 bits per heavy atom. The summed E-state index contributed by atoms with van der Waals surface area (Å²) in [5, 5.41) is 3.71. The van der Waals surface area contributed by atoms with Crippen LogP contribution in [0.15, 0.2) is 44.4 Å². The minimum atomic E-state index is -3.87. The molecule has 0 radical (unpaired) electrons. The fourth-order valence-electron chi connectivity index (χ4n) is 1.58. The highest BCUT2D eigenvalue weighted by Gasteiger charge is 2.22. The van der Waals surface area contributed by atoms with E-state index in [2.05, 4.69) is 20.7 Å². The number of benzene rings is 1. The minimum absolute atomic E-state index is 0.349. The topological polar surface area (TPSA) is 46.2 Å². The maximum absolute atomic E-state index is 13.7. The maximum atomic E-state index is 13.7. The number of halogens is 2. The molecule has 1 aromatic carbocycles. The first-order chi connectivity index (χ1) is 8.90. The maximum Gasteiger partial charge on any atom is 0.244 e. The van der Waals surface area contributed by atoms with Gasteiger partial charge < -0.3 is 0 Å². The van der Waals surface area contributed by atoms with E-state index in [9.17, 15) is 12.8 Å². The van der Waals surface area contributed by atoms with Crippen molar-refractivity contribution in [3.8, 4) is 0 Å².